The van der Waals surface area contributed by atoms with Crippen LogP contribution in [0.5, 0.6) is 0 Å². The van der Waals surface area contributed by atoms with Crippen molar-refractivity contribution in [1.82, 2.24) is 29.3 Å². The molecule has 6 heteroatoms. The van der Waals surface area contributed by atoms with Crippen LogP contribution in [0.4, 0.5) is 0 Å². The summed E-state index contributed by atoms with van der Waals surface area (Å²) < 4.78 is 1.81. The van der Waals surface area contributed by atoms with E-state index in [1.807, 2.05) is 10.7 Å². The fourth-order valence-corrected chi connectivity index (χ4v) is 2.73. The number of hydrogen-bond donors (Lipinski definition) is 0. The fraction of sp³-hybridized carbons (Fsp3) is 0.600. The highest BCUT2D eigenvalue weighted by Crippen LogP contribution is 2.10. The Labute approximate surface area is 126 Å². The van der Waals surface area contributed by atoms with Gasteiger partial charge in [-0.05, 0) is 31.8 Å². The van der Waals surface area contributed by atoms with Crippen LogP contribution in [0.3, 0.4) is 0 Å². The van der Waals surface area contributed by atoms with Crippen molar-refractivity contribution < 1.29 is 0 Å². The molecular formula is C15H24N6. The topological polar surface area (TPSA) is 39.9 Å². The first-order valence-electron chi connectivity index (χ1n) is 7.58. The number of hydrogen-bond acceptors (Lipinski definition) is 5. The Morgan fingerprint density at radius 3 is 2.67 bits per heavy atom. The lowest BCUT2D eigenvalue weighted by Crippen LogP contribution is -2.47. The van der Waals surface area contributed by atoms with Gasteiger partial charge in [-0.2, -0.15) is 5.10 Å². The Morgan fingerprint density at radius 1 is 1.14 bits per heavy atom. The molecule has 0 atom stereocenters. The molecular weight excluding hydrogens is 264 g/mol. The minimum Gasteiger partial charge on any atom is -0.308 e. The second kappa shape index (κ2) is 6.51. The SMILES string of the molecule is CN(C)CCN1CCN(Cc2ccn3ncnc3c2)CC1. The van der Waals surface area contributed by atoms with Crippen molar-refractivity contribution in [2.24, 2.45) is 0 Å². The zero-order valence-electron chi connectivity index (χ0n) is 12.9. The smallest absolute Gasteiger partial charge is 0.155 e. The molecule has 0 aromatic carbocycles. The summed E-state index contributed by atoms with van der Waals surface area (Å²) in [5.74, 6) is 0. The maximum Gasteiger partial charge on any atom is 0.155 e. The normalized spacial score (nSPS) is 17.9. The number of fused-ring (bicyclic) bond motifs is 1. The minimum atomic E-state index is 0.928. The van der Waals surface area contributed by atoms with Crippen LogP contribution in [-0.2, 0) is 6.54 Å². The van der Waals surface area contributed by atoms with E-state index < -0.39 is 0 Å². The van der Waals surface area contributed by atoms with E-state index in [4.69, 9.17) is 0 Å². The van der Waals surface area contributed by atoms with Crippen molar-refractivity contribution in [2.75, 3.05) is 53.4 Å². The number of piperazine rings is 1. The summed E-state index contributed by atoms with van der Waals surface area (Å²) >= 11 is 0. The van der Waals surface area contributed by atoms with Crippen molar-refractivity contribution in [3.8, 4) is 0 Å². The largest absolute Gasteiger partial charge is 0.308 e. The van der Waals surface area contributed by atoms with Crippen LogP contribution in [0.1, 0.15) is 5.56 Å². The van der Waals surface area contributed by atoms with E-state index in [9.17, 15) is 0 Å². The molecule has 1 aliphatic heterocycles. The third kappa shape index (κ3) is 3.78. The molecule has 0 spiro atoms. The molecule has 21 heavy (non-hydrogen) atoms. The molecule has 1 saturated heterocycles. The number of rotatable bonds is 5. The van der Waals surface area contributed by atoms with Gasteiger partial charge in [0.2, 0.25) is 0 Å². The first kappa shape index (κ1) is 14.4. The molecule has 1 aliphatic rings. The van der Waals surface area contributed by atoms with Gasteiger partial charge in [-0.1, -0.05) is 0 Å². The number of nitrogens with zero attached hydrogens (tertiary/aromatic N) is 6. The van der Waals surface area contributed by atoms with E-state index >= 15 is 0 Å². The lowest BCUT2D eigenvalue weighted by atomic mass is 10.2. The molecule has 2 aromatic heterocycles. The molecule has 0 N–H and O–H groups in total. The minimum absolute atomic E-state index is 0.928. The van der Waals surface area contributed by atoms with Crippen LogP contribution in [0.15, 0.2) is 24.7 Å². The summed E-state index contributed by atoms with van der Waals surface area (Å²) in [5, 5.41) is 4.13. The summed E-state index contributed by atoms with van der Waals surface area (Å²) in [6.07, 6.45) is 3.59. The molecule has 3 heterocycles. The predicted octanol–water partition coefficient (Wildman–Crippen LogP) is 0.409. The molecule has 3 rings (SSSR count). The maximum absolute atomic E-state index is 4.25. The third-order valence-electron chi connectivity index (χ3n) is 4.08. The predicted molar refractivity (Wildman–Crippen MR) is 83.3 cm³/mol. The zero-order valence-corrected chi connectivity index (χ0v) is 12.9. The fourth-order valence-electron chi connectivity index (χ4n) is 2.73. The zero-order chi connectivity index (χ0) is 14.7. The van der Waals surface area contributed by atoms with Gasteiger partial charge in [0.05, 0.1) is 0 Å². The molecule has 0 unspecified atom stereocenters. The van der Waals surface area contributed by atoms with Gasteiger partial charge in [0, 0.05) is 52.0 Å². The van der Waals surface area contributed by atoms with Gasteiger partial charge in [-0.15, -0.1) is 0 Å². The summed E-state index contributed by atoms with van der Waals surface area (Å²) in [5.41, 5.74) is 2.24. The molecule has 114 valence electrons. The summed E-state index contributed by atoms with van der Waals surface area (Å²) in [6.45, 7) is 7.94. The van der Waals surface area contributed by atoms with Crippen molar-refractivity contribution in [3.05, 3.63) is 30.2 Å². The van der Waals surface area contributed by atoms with E-state index in [1.54, 1.807) is 6.33 Å². The van der Waals surface area contributed by atoms with Gasteiger partial charge in [-0.3, -0.25) is 9.80 Å². The number of likely N-dealkylation sites (N-methyl/N-ethyl adjacent to an activating group) is 1. The van der Waals surface area contributed by atoms with E-state index in [0.717, 1.165) is 31.8 Å². The van der Waals surface area contributed by atoms with E-state index in [-0.39, 0.29) is 0 Å². The first-order chi connectivity index (χ1) is 10.2. The molecule has 1 fully saturated rings. The van der Waals surface area contributed by atoms with Gasteiger partial charge in [0.25, 0.3) is 0 Å². The molecule has 0 saturated carbocycles. The number of pyridine rings is 1. The highest BCUT2D eigenvalue weighted by Gasteiger charge is 2.16. The summed E-state index contributed by atoms with van der Waals surface area (Å²) in [6, 6.07) is 4.27. The molecule has 0 bridgehead atoms. The Balaban J connectivity index is 1.50. The summed E-state index contributed by atoms with van der Waals surface area (Å²) in [7, 11) is 4.27. The van der Waals surface area contributed by atoms with Crippen molar-refractivity contribution >= 4 is 5.65 Å². The highest BCUT2D eigenvalue weighted by molar-refractivity contribution is 5.39. The van der Waals surface area contributed by atoms with Crippen LogP contribution in [-0.4, -0.2) is 82.7 Å². The molecule has 0 radical (unpaired) electrons. The Morgan fingerprint density at radius 2 is 1.90 bits per heavy atom. The average Bonchev–Trinajstić information content (AvgIpc) is 2.94. The van der Waals surface area contributed by atoms with Gasteiger partial charge in [0.1, 0.15) is 6.33 Å². The molecule has 6 nitrogen and oxygen atoms in total. The Kier molecular flexibility index (Phi) is 4.48. The monoisotopic (exact) mass is 288 g/mol. The van der Waals surface area contributed by atoms with Crippen LogP contribution >= 0.6 is 0 Å². The second-order valence-corrected chi connectivity index (χ2v) is 6.02. The van der Waals surface area contributed by atoms with Gasteiger partial charge >= 0.3 is 0 Å². The van der Waals surface area contributed by atoms with Gasteiger partial charge in [-0.25, -0.2) is 9.50 Å². The maximum atomic E-state index is 4.25. The van der Waals surface area contributed by atoms with Crippen molar-refractivity contribution in [2.45, 2.75) is 6.54 Å². The third-order valence-corrected chi connectivity index (χ3v) is 4.08. The molecule has 0 aliphatic carbocycles. The molecule has 0 amide bonds. The van der Waals surface area contributed by atoms with Crippen LogP contribution < -0.4 is 0 Å². The van der Waals surface area contributed by atoms with Gasteiger partial charge in [0.15, 0.2) is 5.65 Å². The lowest BCUT2D eigenvalue weighted by Gasteiger charge is -2.35. The van der Waals surface area contributed by atoms with Crippen LogP contribution in [0, 0.1) is 0 Å². The van der Waals surface area contributed by atoms with E-state index in [2.05, 4.69) is 51.0 Å². The quantitative estimate of drug-likeness (QED) is 0.797. The standard InChI is InChI=1S/C15H24N6/c1-18(2)5-6-19-7-9-20(10-8-19)12-14-3-4-21-15(11-14)16-13-17-21/h3-4,11,13H,5-10,12H2,1-2H3. The summed E-state index contributed by atoms with van der Waals surface area (Å²) in [4.78, 5) is 11.6. The Bertz CT molecular complexity index is 570. The van der Waals surface area contributed by atoms with E-state index in [1.165, 1.54) is 25.2 Å². The van der Waals surface area contributed by atoms with Gasteiger partial charge < -0.3 is 4.90 Å². The van der Waals surface area contributed by atoms with Crippen molar-refractivity contribution in [1.29, 1.82) is 0 Å². The average molecular weight is 288 g/mol. The van der Waals surface area contributed by atoms with Crippen LogP contribution in [0.2, 0.25) is 0 Å². The Hall–Kier alpha value is -1.50. The highest BCUT2D eigenvalue weighted by atomic mass is 15.3. The number of aromatic nitrogens is 3. The van der Waals surface area contributed by atoms with E-state index in [0.29, 0.717) is 0 Å². The lowest BCUT2D eigenvalue weighted by molar-refractivity contribution is 0.120. The van der Waals surface area contributed by atoms with Crippen molar-refractivity contribution in [3.63, 3.8) is 0 Å². The molecule has 2 aromatic rings. The van der Waals surface area contributed by atoms with Crippen LogP contribution in [0.25, 0.3) is 5.65 Å². The first-order valence-corrected chi connectivity index (χ1v) is 7.58. The second-order valence-electron chi connectivity index (χ2n) is 6.02.